The van der Waals surface area contributed by atoms with Gasteiger partial charge in [-0.2, -0.15) is 0 Å². The van der Waals surface area contributed by atoms with Crippen molar-refractivity contribution in [1.29, 1.82) is 0 Å². The summed E-state index contributed by atoms with van der Waals surface area (Å²) in [4.78, 5) is 25.3. The highest BCUT2D eigenvalue weighted by Crippen LogP contribution is 2.38. The molecule has 0 aromatic heterocycles. The van der Waals surface area contributed by atoms with Crippen LogP contribution in [0, 0.1) is 15.9 Å². The molecule has 0 radical (unpaired) electrons. The van der Waals surface area contributed by atoms with Crippen molar-refractivity contribution in [3.05, 3.63) is 107 Å². The van der Waals surface area contributed by atoms with Crippen molar-refractivity contribution in [1.82, 2.24) is 4.90 Å². The Morgan fingerprint density at radius 2 is 1.66 bits per heavy atom. The van der Waals surface area contributed by atoms with Crippen molar-refractivity contribution in [2.24, 2.45) is 0 Å². The number of hydrogen-bond acceptors (Lipinski definition) is 6. The molecule has 0 atom stereocenters. The topological polar surface area (TPSA) is 72.7 Å². The van der Waals surface area contributed by atoms with Gasteiger partial charge in [-0.05, 0) is 91.0 Å². The lowest BCUT2D eigenvalue weighted by molar-refractivity contribution is -0.384. The van der Waals surface area contributed by atoms with Gasteiger partial charge >= 0.3 is 0 Å². The fourth-order valence-corrected chi connectivity index (χ4v) is 5.94. The third-order valence-electron chi connectivity index (χ3n) is 4.98. The second-order valence-corrected chi connectivity index (χ2v) is 10.8. The molecule has 4 rings (SSSR count). The molecule has 3 aromatic rings. The van der Waals surface area contributed by atoms with E-state index in [1.54, 1.807) is 30.3 Å². The SMILES string of the molecule is O=C1/C(=C/c2cc(Br)c(OCc3ccc([N+](=O)[O-])cc3)c(Br)c2)SC(=S)N1Cc1ccc(F)cc1. The van der Waals surface area contributed by atoms with E-state index in [4.69, 9.17) is 17.0 Å². The average molecular weight is 638 g/mol. The number of non-ortho nitro benzene ring substituents is 1. The van der Waals surface area contributed by atoms with E-state index in [-0.39, 0.29) is 30.6 Å². The second-order valence-electron chi connectivity index (χ2n) is 7.42. The van der Waals surface area contributed by atoms with Crippen molar-refractivity contribution in [3.8, 4) is 5.75 Å². The highest BCUT2D eigenvalue weighted by Gasteiger charge is 2.32. The van der Waals surface area contributed by atoms with Gasteiger partial charge < -0.3 is 4.74 Å². The van der Waals surface area contributed by atoms with Crippen LogP contribution in [-0.4, -0.2) is 20.1 Å². The minimum atomic E-state index is -0.451. The van der Waals surface area contributed by atoms with Gasteiger partial charge in [-0.1, -0.05) is 36.1 Å². The lowest BCUT2D eigenvalue weighted by Crippen LogP contribution is -2.27. The number of amides is 1. The summed E-state index contributed by atoms with van der Waals surface area (Å²) in [6, 6.07) is 15.7. The summed E-state index contributed by atoms with van der Waals surface area (Å²) in [6.45, 7) is 0.488. The number of halogens is 3. The minimum absolute atomic E-state index is 0.0172. The predicted octanol–water partition coefficient (Wildman–Crippen LogP) is 7.24. The Hall–Kier alpha value is -2.60. The van der Waals surface area contributed by atoms with E-state index < -0.39 is 4.92 Å². The first kappa shape index (κ1) is 25.5. The summed E-state index contributed by atoms with van der Waals surface area (Å²) in [7, 11) is 0. The molecular weight excluding hydrogens is 623 g/mol. The van der Waals surface area contributed by atoms with Crippen molar-refractivity contribution >= 4 is 77.8 Å². The van der Waals surface area contributed by atoms with E-state index in [2.05, 4.69) is 31.9 Å². The highest BCUT2D eigenvalue weighted by atomic mass is 79.9. The van der Waals surface area contributed by atoms with Crippen molar-refractivity contribution in [2.75, 3.05) is 0 Å². The molecule has 0 N–H and O–H groups in total. The first-order chi connectivity index (χ1) is 16.7. The summed E-state index contributed by atoms with van der Waals surface area (Å²) < 4.78 is 20.8. The standard InChI is InChI=1S/C24H15Br2FN2O4S2/c25-19-9-16(10-20(26)22(19)33-13-15-3-7-18(8-4-15)29(31)32)11-21-23(30)28(24(34)35-21)12-14-1-5-17(27)6-2-14/h1-11H,12-13H2/b21-11-. The molecule has 11 heteroatoms. The normalized spacial score (nSPS) is 14.6. The zero-order valence-corrected chi connectivity index (χ0v) is 22.5. The van der Waals surface area contributed by atoms with Gasteiger partial charge in [0.15, 0.2) is 0 Å². The van der Waals surface area contributed by atoms with Crippen molar-refractivity contribution < 1.29 is 18.8 Å². The van der Waals surface area contributed by atoms with Crippen LogP contribution in [0.2, 0.25) is 0 Å². The minimum Gasteiger partial charge on any atom is -0.487 e. The Bertz CT molecular complexity index is 1330. The van der Waals surface area contributed by atoms with Crippen LogP contribution < -0.4 is 4.74 Å². The molecule has 1 fully saturated rings. The molecule has 35 heavy (non-hydrogen) atoms. The first-order valence-electron chi connectivity index (χ1n) is 10.1. The molecule has 178 valence electrons. The van der Waals surface area contributed by atoms with Gasteiger partial charge in [-0.15, -0.1) is 0 Å². The molecule has 1 amide bonds. The molecule has 0 unspecified atom stereocenters. The van der Waals surface area contributed by atoms with E-state index in [1.165, 1.54) is 40.9 Å². The van der Waals surface area contributed by atoms with Gasteiger partial charge in [-0.25, -0.2) is 4.39 Å². The zero-order valence-electron chi connectivity index (χ0n) is 17.7. The van der Waals surface area contributed by atoms with Crippen LogP contribution in [0.15, 0.2) is 74.5 Å². The number of benzene rings is 3. The summed E-state index contributed by atoms with van der Waals surface area (Å²) >= 11 is 13.6. The lowest BCUT2D eigenvalue weighted by atomic mass is 10.2. The maximum atomic E-state index is 13.2. The van der Waals surface area contributed by atoms with Gasteiger partial charge in [0.2, 0.25) is 0 Å². The quantitative estimate of drug-likeness (QED) is 0.118. The Balaban J connectivity index is 1.47. The Morgan fingerprint density at radius 1 is 1.06 bits per heavy atom. The molecule has 1 saturated heterocycles. The molecule has 0 aliphatic carbocycles. The number of thioether (sulfide) groups is 1. The molecule has 0 saturated carbocycles. The van der Waals surface area contributed by atoms with E-state index in [0.29, 0.717) is 23.9 Å². The van der Waals surface area contributed by atoms with Gasteiger partial charge in [-0.3, -0.25) is 19.8 Å². The fourth-order valence-electron chi connectivity index (χ4n) is 3.23. The number of nitrogens with zero attached hydrogens (tertiary/aromatic N) is 2. The van der Waals surface area contributed by atoms with Gasteiger partial charge in [0.1, 0.15) is 22.5 Å². The number of nitro groups is 1. The van der Waals surface area contributed by atoms with Gasteiger partial charge in [0, 0.05) is 12.1 Å². The number of hydrogen-bond donors (Lipinski definition) is 0. The highest BCUT2D eigenvalue weighted by molar-refractivity contribution is 9.11. The van der Waals surface area contributed by atoms with Crippen LogP contribution >= 0.6 is 55.8 Å². The number of carbonyl (C=O) groups excluding carboxylic acids is 1. The monoisotopic (exact) mass is 636 g/mol. The third-order valence-corrected chi connectivity index (χ3v) is 7.53. The van der Waals surface area contributed by atoms with Crippen LogP contribution in [-0.2, 0) is 17.9 Å². The third kappa shape index (κ3) is 6.16. The molecule has 3 aromatic carbocycles. The Kier molecular flexibility index (Phi) is 8.00. The van der Waals surface area contributed by atoms with Gasteiger partial charge in [0.05, 0.1) is 25.3 Å². The van der Waals surface area contributed by atoms with Gasteiger partial charge in [0.25, 0.3) is 11.6 Å². The van der Waals surface area contributed by atoms with E-state index in [1.807, 2.05) is 12.1 Å². The zero-order chi connectivity index (χ0) is 25.1. The van der Waals surface area contributed by atoms with E-state index >= 15 is 0 Å². The summed E-state index contributed by atoms with van der Waals surface area (Å²) in [6.07, 6.45) is 1.75. The van der Waals surface area contributed by atoms with Crippen molar-refractivity contribution in [2.45, 2.75) is 13.2 Å². The number of ether oxygens (including phenoxy) is 1. The molecule has 1 heterocycles. The van der Waals surface area contributed by atoms with Crippen molar-refractivity contribution in [3.63, 3.8) is 0 Å². The van der Waals surface area contributed by atoms with Crippen LogP contribution in [0.25, 0.3) is 6.08 Å². The number of nitro benzene ring substituents is 1. The Morgan fingerprint density at radius 3 is 2.26 bits per heavy atom. The van der Waals surface area contributed by atoms with Crippen LogP contribution in [0.1, 0.15) is 16.7 Å². The first-order valence-corrected chi connectivity index (χ1v) is 12.9. The predicted molar refractivity (Wildman–Crippen MR) is 144 cm³/mol. The van der Waals surface area contributed by atoms with Crippen LogP contribution in [0.5, 0.6) is 5.75 Å². The average Bonchev–Trinajstić information content (AvgIpc) is 3.07. The largest absolute Gasteiger partial charge is 0.487 e. The van der Waals surface area contributed by atoms with Crippen LogP contribution in [0.4, 0.5) is 10.1 Å². The molecule has 0 bridgehead atoms. The molecule has 0 spiro atoms. The molecule has 1 aliphatic rings. The van der Waals surface area contributed by atoms with Crippen LogP contribution in [0.3, 0.4) is 0 Å². The molecule has 1 aliphatic heterocycles. The summed E-state index contributed by atoms with van der Waals surface area (Å²) in [5, 5.41) is 10.8. The number of carbonyl (C=O) groups is 1. The number of rotatable bonds is 7. The fraction of sp³-hybridized carbons (Fsp3) is 0.0833. The summed E-state index contributed by atoms with van der Waals surface area (Å²) in [5.41, 5.74) is 2.34. The lowest BCUT2D eigenvalue weighted by Gasteiger charge is -2.14. The smallest absolute Gasteiger partial charge is 0.269 e. The van der Waals surface area contributed by atoms with E-state index in [9.17, 15) is 19.3 Å². The maximum Gasteiger partial charge on any atom is 0.269 e. The molecular formula is C24H15Br2FN2O4S2. The summed E-state index contributed by atoms with van der Waals surface area (Å²) in [5.74, 6) is 0.00906. The number of thiocarbonyl (C=S) groups is 1. The van der Waals surface area contributed by atoms with E-state index in [0.717, 1.165) is 16.7 Å². The molecule has 6 nitrogen and oxygen atoms in total. The maximum absolute atomic E-state index is 13.2. The Labute approximate surface area is 226 Å². The second kappa shape index (κ2) is 11.0.